The van der Waals surface area contributed by atoms with Gasteiger partial charge in [0.2, 0.25) is 9.84 Å². The highest BCUT2D eigenvalue weighted by molar-refractivity contribution is 7.91. The van der Waals surface area contributed by atoms with Crippen molar-refractivity contribution in [2.24, 2.45) is 0 Å². The van der Waals surface area contributed by atoms with E-state index in [1.54, 1.807) is 42.6 Å². The standard InChI is InChI=1S/C22H26N4O4S/c1-22(2,3)30-21(27)17-13-23-11-12-26(17)20-19-16(9-10-24-20)18(14-25-19)31(28,29)15-7-5-4-6-8-15/h4-10,14,17,23,25H,11-13H2,1-3H3. The van der Waals surface area contributed by atoms with Crippen molar-refractivity contribution in [3.05, 3.63) is 48.8 Å². The number of carbonyl (C=O) groups is 1. The average Bonchev–Trinajstić information content (AvgIpc) is 3.18. The number of nitrogens with zero attached hydrogens (tertiary/aromatic N) is 2. The third-order valence-corrected chi connectivity index (χ3v) is 6.89. The molecule has 31 heavy (non-hydrogen) atoms. The van der Waals surface area contributed by atoms with Crippen molar-refractivity contribution in [1.29, 1.82) is 0 Å². The van der Waals surface area contributed by atoms with Gasteiger partial charge >= 0.3 is 5.97 Å². The second kappa shape index (κ2) is 7.97. The fourth-order valence-corrected chi connectivity index (χ4v) is 5.16. The van der Waals surface area contributed by atoms with Crippen molar-refractivity contribution in [2.75, 3.05) is 24.5 Å². The van der Waals surface area contributed by atoms with Crippen molar-refractivity contribution in [1.82, 2.24) is 15.3 Å². The van der Waals surface area contributed by atoms with Crippen LogP contribution in [0.2, 0.25) is 0 Å². The van der Waals surface area contributed by atoms with E-state index in [-0.39, 0.29) is 15.8 Å². The highest BCUT2D eigenvalue weighted by Crippen LogP contribution is 2.33. The molecular formula is C22H26N4O4S. The molecule has 1 aromatic carbocycles. The minimum absolute atomic E-state index is 0.182. The molecule has 8 nitrogen and oxygen atoms in total. The highest BCUT2D eigenvalue weighted by atomic mass is 32.2. The number of sulfone groups is 1. The second-order valence-corrected chi connectivity index (χ2v) is 10.4. The number of fused-ring (bicyclic) bond motifs is 1. The van der Waals surface area contributed by atoms with Gasteiger partial charge in [0.05, 0.1) is 15.3 Å². The van der Waals surface area contributed by atoms with Crippen LogP contribution >= 0.6 is 0 Å². The number of hydrogen-bond donors (Lipinski definition) is 2. The smallest absolute Gasteiger partial charge is 0.330 e. The number of H-pyrrole nitrogens is 1. The van der Waals surface area contributed by atoms with Gasteiger partial charge in [0.15, 0.2) is 5.82 Å². The summed E-state index contributed by atoms with van der Waals surface area (Å²) in [5.41, 5.74) is -0.0318. The fourth-order valence-electron chi connectivity index (χ4n) is 3.72. The molecule has 3 aromatic rings. The molecule has 0 bridgehead atoms. The van der Waals surface area contributed by atoms with Crippen molar-refractivity contribution in [3.63, 3.8) is 0 Å². The maximum Gasteiger partial charge on any atom is 0.330 e. The zero-order valence-corrected chi connectivity index (χ0v) is 18.6. The van der Waals surface area contributed by atoms with Crippen LogP contribution < -0.4 is 10.2 Å². The average molecular weight is 443 g/mol. The predicted molar refractivity (Wildman–Crippen MR) is 118 cm³/mol. The molecule has 0 amide bonds. The molecule has 0 spiro atoms. The number of carbonyl (C=O) groups excluding carboxylic acids is 1. The fraction of sp³-hybridized carbons (Fsp3) is 0.364. The maximum atomic E-state index is 13.2. The van der Waals surface area contributed by atoms with Crippen LogP contribution in [0.5, 0.6) is 0 Å². The second-order valence-electron chi connectivity index (χ2n) is 8.47. The highest BCUT2D eigenvalue weighted by Gasteiger charge is 2.35. The van der Waals surface area contributed by atoms with E-state index in [0.717, 1.165) is 0 Å². The van der Waals surface area contributed by atoms with Crippen LogP contribution in [0.25, 0.3) is 10.9 Å². The first kappa shape index (κ1) is 21.3. The quantitative estimate of drug-likeness (QED) is 0.598. The Morgan fingerprint density at radius 2 is 1.94 bits per heavy atom. The maximum absolute atomic E-state index is 13.2. The number of aromatic nitrogens is 2. The summed E-state index contributed by atoms with van der Waals surface area (Å²) in [6.07, 6.45) is 3.06. The van der Waals surface area contributed by atoms with Crippen LogP contribution in [0.1, 0.15) is 20.8 Å². The zero-order valence-electron chi connectivity index (χ0n) is 17.8. The van der Waals surface area contributed by atoms with E-state index >= 15 is 0 Å². The molecule has 164 valence electrons. The molecule has 1 fully saturated rings. The number of ether oxygens (including phenoxy) is 1. The van der Waals surface area contributed by atoms with Gasteiger partial charge in [0.25, 0.3) is 0 Å². The Bertz CT molecular complexity index is 1200. The first-order chi connectivity index (χ1) is 14.7. The van der Waals surface area contributed by atoms with Gasteiger partial charge in [-0.2, -0.15) is 0 Å². The van der Waals surface area contributed by atoms with Crippen molar-refractivity contribution in [3.8, 4) is 0 Å². The lowest BCUT2D eigenvalue weighted by Gasteiger charge is -2.37. The Morgan fingerprint density at radius 1 is 1.19 bits per heavy atom. The van der Waals surface area contributed by atoms with Crippen LogP contribution in [0.3, 0.4) is 0 Å². The van der Waals surface area contributed by atoms with E-state index < -0.39 is 21.5 Å². The molecule has 3 heterocycles. The molecule has 0 saturated carbocycles. The van der Waals surface area contributed by atoms with Crippen molar-refractivity contribution >= 4 is 32.5 Å². The summed E-state index contributed by atoms with van der Waals surface area (Å²) in [4.78, 5) is 22.7. The Morgan fingerprint density at radius 3 is 2.65 bits per heavy atom. The molecule has 1 saturated heterocycles. The summed E-state index contributed by atoms with van der Waals surface area (Å²) in [5, 5.41) is 3.76. The Kier molecular flexibility index (Phi) is 5.49. The minimum atomic E-state index is -3.71. The topological polar surface area (TPSA) is 104 Å². The lowest BCUT2D eigenvalue weighted by Crippen LogP contribution is -2.56. The van der Waals surface area contributed by atoms with Gasteiger partial charge in [-0.05, 0) is 39.0 Å². The predicted octanol–water partition coefficient (Wildman–Crippen LogP) is 2.52. The number of pyridine rings is 1. The number of anilines is 1. The van der Waals surface area contributed by atoms with Crippen LogP contribution in [-0.2, 0) is 19.4 Å². The largest absolute Gasteiger partial charge is 0.458 e. The summed E-state index contributed by atoms with van der Waals surface area (Å²) >= 11 is 0. The molecule has 1 aliphatic heterocycles. The van der Waals surface area contributed by atoms with Gasteiger partial charge in [-0.15, -0.1) is 0 Å². The number of aromatic amines is 1. The lowest BCUT2D eigenvalue weighted by molar-refractivity contribution is -0.156. The monoisotopic (exact) mass is 442 g/mol. The van der Waals surface area contributed by atoms with Crippen molar-refractivity contribution in [2.45, 2.75) is 42.2 Å². The van der Waals surface area contributed by atoms with Crippen LogP contribution in [0.15, 0.2) is 58.6 Å². The molecule has 1 aliphatic rings. The third kappa shape index (κ3) is 4.15. The van der Waals surface area contributed by atoms with Gasteiger partial charge < -0.3 is 19.9 Å². The Hall–Kier alpha value is -2.91. The molecule has 0 aliphatic carbocycles. The van der Waals surface area contributed by atoms with Gasteiger partial charge in [0, 0.05) is 37.4 Å². The van der Waals surface area contributed by atoms with E-state index in [1.165, 1.54) is 6.20 Å². The molecule has 2 N–H and O–H groups in total. The molecular weight excluding hydrogens is 416 g/mol. The molecule has 2 aromatic heterocycles. The van der Waals surface area contributed by atoms with Crippen LogP contribution in [0, 0.1) is 0 Å². The van der Waals surface area contributed by atoms with Crippen LogP contribution in [-0.4, -0.2) is 55.6 Å². The molecule has 4 rings (SSSR count). The number of piperazine rings is 1. The van der Waals surface area contributed by atoms with E-state index in [1.807, 2.05) is 25.7 Å². The first-order valence-electron chi connectivity index (χ1n) is 10.1. The number of benzene rings is 1. The summed E-state index contributed by atoms with van der Waals surface area (Å²) in [5.74, 6) is 0.187. The van der Waals surface area contributed by atoms with E-state index in [9.17, 15) is 13.2 Å². The number of hydrogen-bond acceptors (Lipinski definition) is 7. The zero-order chi connectivity index (χ0) is 22.2. The number of esters is 1. The van der Waals surface area contributed by atoms with Gasteiger partial charge in [-0.25, -0.2) is 18.2 Å². The molecule has 1 atom stereocenters. The number of rotatable bonds is 4. The Labute approximate surface area is 181 Å². The molecule has 0 radical (unpaired) electrons. The lowest BCUT2D eigenvalue weighted by atomic mass is 10.1. The minimum Gasteiger partial charge on any atom is -0.458 e. The van der Waals surface area contributed by atoms with Gasteiger partial charge in [-0.1, -0.05) is 18.2 Å². The normalized spacial score (nSPS) is 17.6. The van der Waals surface area contributed by atoms with Gasteiger partial charge in [-0.3, -0.25) is 0 Å². The first-order valence-corrected chi connectivity index (χ1v) is 11.6. The Balaban J connectivity index is 1.76. The summed E-state index contributed by atoms with van der Waals surface area (Å²) in [6.45, 7) is 7.12. The molecule has 1 unspecified atom stereocenters. The molecule has 9 heteroatoms. The van der Waals surface area contributed by atoms with E-state index in [4.69, 9.17) is 4.74 Å². The van der Waals surface area contributed by atoms with E-state index in [2.05, 4.69) is 15.3 Å². The summed E-state index contributed by atoms with van der Waals surface area (Å²) in [6, 6.07) is 9.43. The summed E-state index contributed by atoms with van der Waals surface area (Å²) in [7, 11) is -3.71. The third-order valence-electron chi connectivity index (χ3n) is 5.08. The van der Waals surface area contributed by atoms with E-state index in [0.29, 0.717) is 36.4 Å². The van der Waals surface area contributed by atoms with Crippen LogP contribution in [0.4, 0.5) is 5.82 Å². The van der Waals surface area contributed by atoms with Crippen molar-refractivity contribution < 1.29 is 17.9 Å². The number of nitrogens with one attached hydrogen (secondary N) is 2. The SMILES string of the molecule is CC(C)(C)OC(=O)C1CNCCN1c1nccc2c(S(=O)(=O)c3ccccc3)c[nH]c12. The summed E-state index contributed by atoms with van der Waals surface area (Å²) < 4.78 is 32.0. The van der Waals surface area contributed by atoms with Gasteiger partial charge in [0.1, 0.15) is 11.6 Å².